The van der Waals surface area contributed by atoms with E-state index in [0.29, 0.717) is 11.3 Å². The van der Waals surface area contributed by atoms with Crippen molar-refractivity contribution in [2.24, 2.45) is 5.84 Å². The number of furan rings is 1. The third-order valence-corrected chi connectivity index (χ3v) is 3.22. The fraction of sp³-hybridized carbons (Fsp3) is 0.333. The maximum atomic E-state index is 12.2. The third kappa shape index (κ3) is 4.06. The van der Waals surface area contributed by atoms with Crippen molar-refractivity contribution in [3.8, 4) is 0 Å². The lowest BCUT2D eigenvalue weighted by Gasteiger charge is -2.15. The molecule has 0 bridgehead atoms. The molecule has 1 unspecified atom stereocenters. The highest BCUT2D eigenvalue weighted by molar-refractivity contribution is 5.99. The molecular formula is C15H20N4O2. The second kappa shape index (κ2) is 6.90. The van der Waals surface area contributed by atoms with Crippen molar-refractivity contribution >= 4 is 11.6 Å². The van der Waals surface area contributed by atoms with Crippen LogP contribution in [0.4, 0.5) is 5.69 Å². The smallest absolute Gasteiger partial charge is 0.255 e. The second-order valence-corrected chi connectivity index (χ2v) is 5.01. The van der Waals surface area contributed by atoms with Crippen molar-refractivity contribution < 1.29 is 9.21 Å². The summed E-state index contributed by atoms with van der Waals surface area (Å²) in [6, 6.07) is 5.54. The van der Waals surface area contributed by atoms with Crippen molar-refractivity contribution in [1.82, 2.24) is 10.3 Å². The van der Waals surface area contributed by atoms with E-state index < -0.39 is 0 Å². The minimum Gasteiger partial charge on any atom is -0.469 e. The van der Waals surface area contributed by atoms with Crippen LogP contribution >= 0.6 is 0 Å². The van der Waals surface area contributed by atoms with Crippen molar-refractivity contribution in [3.63, 3.8) is 0 Å². The molecule has 2 aromatic rings. The number of aryl methyl sites for hydroxylation is 2. The van der Waals surface area contributed by atoms with Crippen molar-refractivity contribution in [2.45, 2.75) is 32.7 Å². The third-order valence-electron chi connectivity index (χ3n) is 3.22. The molecule has 112 valence electrons. The number of nitrogens with zero attached hydrogens (tertiary/aromatic N) is 1. The van der Waals surface area contributed by atoms with Crippen LogP contribution in [-0.2, 0) is 6.42 Å². The Balaban J connectivity index is 1.94. The van der Waals surface area contributed by atoms with E-state index in [0.717, 1.165) is 24.3 Å². The molecular weight excluding hydrogens is 268 g/mol. The monoisotopic (exact) mass is 288 g/mol. The summed E-state index contributed by atoms with van der Waals surface area (Å²) in [4.78, 5) is 16.4. The Bertz CT molecular complexity index is 596. The lowest BCUT2D eigenvalue weighted by molar-refractivity contribution is 0.0938. The topological polar surface area (TPSA) is 93.2 Å². The van der Waals surface area contributed by atoms with E-state index in [4.69, 9.17) is 10.3 Å². The van der Waals surface area contributed by atoms with E-state index in [1.807, 2.05) is 26.0 Å². The Kier molecular flexibility index (Phi) is 4.94. The van der Waals surface area contributed by atoms with E-state index in [2.05, 4.69) is 15.7 Å². The molecule has 21 heavy (non-hydrogen) atoms. The molecule has 0 aliphatic rings. The molecule has 0 saturated heterocycles. The summed E-state index contributed by atoms with van der Waals surface area (Å²) < 4.78 is 5.27. The highest BCUT2D eigenvalue weighted by atomic mass is 16.3. The molecule has 0 saturated carbocycles. The van der Waals surface area contributed by atoms with E-state index in [9.17, 15) is 4.79 Å². The minimum absolute atomic E-state index is 0.0227. The molecule has 0 spiro atoms. The fourth-order valence-corrected chi connectivity index (χ4v) is 2.05. The van der Waals surface area contributed by atoms with E-state index in [1.54, 1.807) is 12.3 Å². The number of anilines is 1. The molecule has 6 heteroatoms. The standard InChI is InChI=1S/C15H20N4O2/c1-10(5-6-12-4-3-7-21-12)18-15(20)13-9-17-11(2)8-14(13)19-16/h3-4,7-10H,5-6,16H2,1-2H3,(H,17,19)(H,18,20). The van der Waals surface area contributed by atoms with Gasteiger partial charge in [-0.15, -0.1) is 0 Å². The lowest BCUT2D eigenvalue weighted by atomic mass is 10.1. The van der Waals surface area contributed by atoms with Crippen LogP contribution in [0.3, 0.4) is 0 Å². The average molecular weight is 288 g/mol. The number of amides is 1. The first-order valence-corrected chi connectivity index (χ1v) is 6.86. The maximum absolute atomic E-state index is 12.2. The highest BCUT2D eigenvalue weighted by Gasteiger charge is 2.14. The van der Waals surface area contributed by atoms with Gasteiger partial charge >= 0.3 is 0 Å². The number of rotatable bonds is 6. The largest absolute Gasteiger partial charge is 0.469 e. The molecule has 0 radical (unpaired) electrons. The van der Waals surface area contributed by atoms with E-state index >= 15 is 0 Å². The summed E-state index contributed by atoms with van der Waals surface area (Å²) in [5, 5.41) is 2.94. The van der Waals surface area contributed by atoms with Crippen LogP contribution < -0.4 is 16.6 Å². The van der Waals surface area contributed by atoms with Gasteiger partial charge in [0.2, 0.25) is 0 Å². The summed E-state index contributed by atoms with van der Waals surface area (Å²) in [6.45, 7) is 3.80. The van der Waals surface area contributed by atoms with Gasteiger partial charge in [0.1, 0.15) is 5.76 Å². The highest BCUT2D eigenvalue weighted by Crippen LogP contribution is 2.15. The predicted molar refractivity (Wildman–Crippen MR) is 80.7 cm³/mol. The Morgan fingerprint density at radius 1 is 1.52 bits per heavy atom. The first-order valence-electron chi connectivity index (χ1n) is 6.86. The van der Waals surface area contributed by atoms with Crippen molar-refractivity contribution in [3.05, 3.63) is 47.7 Å². The van der Waals surface area contributed by atoms with E-state index in [1.165, 1.54) is 6.20 Å². The van der Waals surface area contributed by atoms with Gasteiger partial charge < -0.3 is 15.2 Å². The van der Waals surface area contributed by atoms with Gasteiger partial charge in [0, 0.05) is 24.4 Å². The fourth-order valence-electron chi connectivity index (χ4n) is 2.05. The van der Waals surface area contributed by atoms with Gasteiger partial charge in [-0.1, -0.05) is 0 Å². The van der Waals surface area contributed by atoms with E-state index in [-0.39, 0.29) is 11.9 Å². The van der Waals surface area contributed by atoms with Gasteiger partial charge in [0.05, 0.1) is 17.5 Å². The van der Waals surface area contributed by atoms with Crippen LogP contribution in [0.5, 0.6) is 0 Å². The van der Waals surface area contributed by atoms with Crippen LogP contribution in [0, 0.1) is 6.92 Å². The molecule has 1 amide bonds. The molecule has 1 atom stereocenters. The zero-order valence-electron chi connectivity index (χ0n) is 12.2. The number of carbonyl (C=O) groups is 1. The predicted octanol–water partition coefficient (Wildman–Crippen LogP) is 2.02. The van der Waals surface area contributed by atoms with Gasteiger partial charge in [0.15, 0.2) is 0 Å². The van der Waals surface area contributed by atoms with Gasteiger partial charge in [-0.3, -0.25) is 15.6 Å². The Hall–Kier alpha value is -2.34. The van der Waals surface area contributed by atoms with Gasteiger partial charge in [-0.05, 0) is 38.5 Å². The summed E-state index contributed by atoms with van der Waals surface area (Å²) >= 11 is 0. The summed E-state index contributed by atoms with van der Waals surface area (Å²) in [5.74, 6) is 6.16. The first kappa shape index (κ1) is 15.1. The normalized spacial score (nSPS) is 12.0. The number of carbonyl (C=O) groups excluding carboxylic acids is 1. The maximum Gasteiger partial charge on any atom is 0.255 e. The summed E-state index contributed by atoms with van der Waals surface area (Å²) in [7, 11) is 0. The molecule has 6 nitrogen and oxygen atoms in total. The minimum atomic E-state index is -0.192. The van der Waals surface area contributed by atoms with Crippen LogP contribution in [0.2, 0.25) is 0 Å². The molecule has 0 aromatic carbocycles. The number of hydrogen-bond donors (Lipinski definition) is 3. The summed E-state index contributed by atoms with van der Waals surface area (Å²) in [6.07, 6.45) is 4.75. The first-order chi connectivity index (χ1) is 10.1. The number of aromatic nitrogens is 1. The average Bonchev–Trinajstić information content (AvgIpc) is 2.98. The second-order valence-electron chi connectivity index (χ2n) is 5.01. The molecule has 0 aliphatic carbocycles. The summed E-state index contributed by atoms with van der Waals surface area (Å²) in [5.41, 5.74) is 4.33. The number of nitrogen functional groups attached to an aromatic ring is 1. The quantitative estimate of drug-likeness (QED) is 0.558. The zero-order valence-corrected chi connectivity index (χ0v) is 12.2. The molecule has 0 aliphatic heterocycles. The molecule has 2 rings (SSSR count). The number of nitrogens with two attached hydrogens (primary N) is 1. The SMILES string of the molecule is Cc1cc(NN)c(C(=O)NC(C)CCc2ccco2)cn1. The molecule has 2 heterocycles. The zero-order chi connectivity index (χ0) is 15.2. The number of nitrogens with one attached hydrogen (secondary N) is 2. The molecule has 4 N–H and O–H groups in total. The Labute approximate surface area is 123 Å². The number of pyridine rings is 1. The van der Waals surface area contributed by atoms with Gasteiger partial charge in [-0.2, -0.15) is 0 Å². The molecule has 2 aromatic heterocycles. The van der Waals surface area contributed by atoms with Crippen molar-refractivity contribution in [2.75, 3.05) is 5.43 Å². The Morgan fingerprint density at radius 3 is 3.00 bits per heavy atom. The number of hydrazine groups is 1. The van der Waals surface area contributed by atoms with Crippen molar-refractivity contribution in [1.29, 1.82) is 0 Å². The Morgan fingerprint density at radius 2 is 2.33 bits per heavy atom. The lowest BCUT2D eigenvalue weighted by Crippen LogP contribution is -2.33. The number of hydrogen-bond acceptors (Lipinski definition) is 5. The van der Waals surface area contributed by atoms with Gasteiger partial charge in [-0.25, -0.2) is 0 Å². The van der Waals surface area contributed by atoms with Crippen LogP contribution in [0.1, 0.15) is 35.2 Å². The van der Waals surface area contributed by atoms with Crippen LogP contribution in [-0.4, -0.2) is 16.9 Å². The van der Waals surface area contributed by atoms with Gasteiger partial charge in [0.25, 0.3) is 5.91 Å². The van der Waals surface area contributed by atoms with Crippen LogP contribution in [0.25, 0.3) is 0 Å². The van der Waals surface area contributed by atoms with Crippen LogP contribution in [0.15, 0.2) is 35.1 Å². The molecule has 0 fully saturated rings.